The van der Waals surface area contributed by atoms with Gasteiger partial charge in [0.25, 0.3) is 0 Å². The fraction of sp³-hybridized carbons (Fsp3) is 0.267. The molecule has 1 atom stereocenters. The molecular formula is C15H17FN2O. The largest absolute Gasteiger partial charge is 0.387 e. The zero-order valence-corrected chi connectivity index (χ0v) is 11.0. The van der Waals surface area contributed by atoms with Crippen LogP contribution in [0.4, 0.5) is 10.1 Å². The molecule has 100 valence electrons. The minimum absolute atomic E-state index is 0.206. The second-order valence-electron chi connectivity index (χ2n) is 4.56. The summed E-state index contributed by atoms with van der Waals surface area (Å²) in [6, 6.07) is 10.4. The molecule has 1 aromatic carbocycles. The summed E-state index contributed by atoms with van der Waals surface area (Å²) in [5.41, 5.74) is 2.15. The van der Waals surface area contributed by atoms with E-state index in [1.807, 2.05) is 24.1 Å². The summed E-state index contributed by atoms with van der Waals surface area (Å²) in [6.07, 6.45) is 1.11. The van der Waals surface area contributed by atoms with E-state index in [1.165, 1.54) is 6.07 Å². The van der Waals surface area contributed by atoms with E-state index in [9.17, 15) is 9.50 Å². The molecule has 0 aliphatic carbocycles. The van der Waals surface area contributed by atoms with Gasteiger partial charge in [0.15, 0.2) is 0 Å². The molecule has 0 amide bonds. The first-order valence-corrected chi connectivity index (χ1v) is 6.16. The Morgan fingerprint density at radius 1 is 1.26 bits per heavy atom. The number of aliphatic hydroxyl groups is 1. The van der Waals surface area contributed by atoms with Crippen LogP contribution in [0.2, 0.25) is 0 Å². The van der Waals surface area contributed by atoms with Gasteiger partial charge in [-0.05, 0) is 25.1 Å². The number of hydrogen-bond donors (Lipinski definition) is 1. The monoisotopic (exact) mass is 260 g/mol. The van der Waals surface area contributed by atoms with Gasteiger partial charge in [0.1, 0.15) is 5.82 Å². The Morgan fingerprint density at radius 3 is 2.58 bits per heavy atom. The summed E-state index contributed by atoms with van der Waals surface area (Å²) in [4.78, 5) is 6.09. The average Bonchev–Trinajstić information content (AvgIpc) is 2.41. The minimum Gasteiger partial charge on any atom is -0.387 e. The molecule has 0 saturated carbocycles. The first-order valence-electron chi connectivity index (χ1n) is 6.16. The van der Waals surface area contributed by atoms with E-state index in [2.05, 4.69) is 4.98 Å². The quantitative estimate of drug-likeness (QED) is 0.918. The second-order valence-corrected chi connectivity index (χ2v) is 4.56. The van der Waals surface area contributed by atoms with Crippen molar-refractivity contribution < 1.29 is 9.50 Å². The number of pyridine rings is 1. The number of aliphatic hydroxyl groups excluding tert-OH is 1. The second kappa shape index (κ2) is 5.80. The molecule has 0 bridgehead atoms. The maximum absolute atomic E-state index is 13.6. The van der Waals surface area contributed by atoms with Crippen LogP contribution < -0.4 is 4.90 Å². The number of benzene rings is 1. The molecule has 0 spiro atoms. The van der Waals surface area contributed by atoms with Crippen molar-refractivity contribution in [1.29, 1.82) is 0 Å². The number of hydrogen-bond acceptors (Lipinski definition) is 3. The van der Waals surface area contributed by atoms with E-state index < -0.39 is 6.10 Å². The van der Waals surface area contributed by atoms with Crippen molar-refractivity contribution in [3.05, 3.63) is 59.7 Å². The third kappa shape index (κ3) is 3.29. The summed E-state index contributed by atoms with van der Waals surface area (Å²) in [7, 11) is 1.88. The summed E-state index contributed by atoms with van der Waals surface area (Å²) < 4.78 is 13.6. The van der Waals surface area contributed by atoms with Crippen molar-refractivity contribution >= 4 is 5.69 Å². The van der Waals surface area contributed by atoms with E-state index in [4.69, 9.17) is 0 Å². The average molecular weight is 260 g/mol. The van der Waals surface area contributed by atoms with Crippen LogP contribution >= 0.6 is 0 Å². The summed E-state index contributed by atoms with van der Waals surface area (Å²) in [6.45, 7) is 2.15. The Hall–Kier alpha value is -1.94. The van der Waals surface area contributed by atoms with Crippen molar-refractivity contribution in [2.24, 2.45) is 0 Å². The number of aromatic nitrogens is 1. The van der Waals surface area contributed by atoms with Gasteiger partial charge in [-0.25, -0.2) is 4.39 Å². The fourth-order valence-corrected chi connectivity index (χ4v) is 1.84. The zero-order valence-electron chi connectivity index (χ0n) is 11.0. The molecule has 1 heterocycles. The van der Waals surface area contributed by atoms with Gasteiger partial charge in [0.2, 0.25) is 0 Å². The van der Waals surface area contributed by atoms with E-state index >= 15 is 0 Å². The van der Waals surface area contributed by atoms with Crippen LogP contribution in [0.15, 0.2) is 42.6 Å². The number of rotatable bonds is 4. The normalized spacial score (nSPS) is 12.2. The third-order valence-electron chi connectivity index (χ3n) is 3.00. The van der Waals surface area contributed by atoms with Gasteiger partial charge in [-0.15, -0.1) is 0 Å². The molecule has 0 saturated heterocycles. The molecule has 0 fully saturated rings. The Labute approximate surface area is 112 Å². The molecule has 1 N–H and O–H groups in total. The molecule has 0 aliphatic heterocycles. The topological polar surface area (TPSA) is 36.4 Å². The van der Waals surface area contributed by atoms with E-state index in [1.54, 1.807) is 31.3 Å². The first-order chi connectivity index (χ1) is 9.08. The van der Waals surface area contributed by atoms with Gasteiger partial charge in [-0.3, -0.25) is 4.98 Å². The maximum atomic E-state index is 13.6. The molecule has 19 heavy (non-hydrogen) atoms. The van der Waals surface area contributed by atoms with Gasteiger partial charge < -0.3 is 10.0 Å². The molecule has 3 nitrogen and oxygen atoms in total. The van der Waals surface area contributed by atoms with Crippen LogP contribution in [0.3, 0.4) is 0 Å². The van der Waals surface area contributed by atoms with Crippen LogP contribution in [0.5, 0.6) is 0 Å². The van der Waals surface area contributed by atoms with Crippen molar-refractivity contribution in [1.82, 2.24) is 4.98 Å². The summed E-state index contributed by atoms with van der Waals surface area (Å²) in [5.74, 6) is -0.206. The van der Waals surface area contributed by atoms with Crippen LogP contribution in [0.25, 0.3) is 0 Å². The molecule has 1 unspecified atom stereocenters. The smallest absolute Gasteiger partial charge is 0.128 e. The van der Waals surface area contributed by atoms with Crippen molar-refractivity contribution in [3.63, 3.8) is 0 Å². The van der Waals surface area contributed by atoms with Crippen LogP contribution in [0.1, 0.15) is 24.3 Å². The van der Waals surface area contributed by atoms with Gasteiger partial charge in [-0.1, -0.05) is 18.2 Å². The lowest BCUT2D eigenvalue weighted by Gasteiger charge is -2.19. The molecule has 0 radical (unpaired) electrons. The predicted octanol–water partition coefficient (Wildman–Crippen LogP) is 2.91. The highest BCUT2D eigenvalue weighted by molar-refractivity contribution is 5.44. The van der Waals surface area contributed by atoms with Gasteiger partial charge in [0, 0.05) is 19.2 Å². The highest BCUT2D eigenvalue weighted by Crippen LogP contribution is 2.18. The lowest BCUT2D eigenvalue weighted by atomic mass is 10.2. The number of nitrogens with zero attached hydrogens (tertiary/aromatic N) is 2. The highest BCUT2D eigenvalue weighted by Gasteiger charge is 2.07. The minimum atomic E-state index is -0.578. The highest BCUT2D eigenvalue weighted by atomic mass is 19.1. The van der Waals surface area contributed by atoms with Crippen molar-refractivity contribution in [2.75, 3.05) is 11.9 Å². The SMILES string of the molecule is CC(O)c1ccc(N(C)Cc2ccccc2F)cn1. The van der Waals surface area contributed by atoms with Crippen LogP contribution in [-0.4, -0.2) is 17.1 Å². The summed E-state index contributed by atoms with van der Waals surface area (Å²) >= 11 is 0. The van der Waals surface area contributed by atoms with Crippen molar-refractivity contribution in [3.8, 4) is 0 Å². The Balaban J connectivity index is 2.12. The molecule has 0 aliphatic rings. The molecule has 2 rings (SSSR count). The van der Waals surface area contributed by atoms with Crippen LogP contribution in [-0.2, 0) is 6.54 Å². The predicted molar refractivity (Wildman–Crippen MR) is 73.4 cm³/mol. The molecule has 4 heteroatoms. The standard InChI is InChI=1S/C15H17FN2O/c1-11(19)15-8-7-13(9-17-15)18(2)10-12-5-3-4-6-14(12)16/h3-9,11,19H,10H2,1-2H3. The van der Waals surface area contributed by atoms with Gasteiger partial charge >= 0.3 is 0 Å². The zero-order chi connectivity index (χ0) is 13.8. The molecule has 1 aromatic heterocycles. The van der Waals surface area contributed by atoms with Crippen molar-refractivity contribution in [2.45, 2.75) is 19.6 Å². The summed E-state index contributed by atoms with van der Waals surface area (Å²) in [5, 5.41) is 9.40. The number of anilines is 1. The van der Waals surface area contributed by atoms with Gasteiger partial charge in [-0.2, -0.15) is 0 Å². The lowest BCUT2D eigenvalue weighted by Crippen LogP contribution is -2.17. The lowest BCUT2D eigenvalue weighted by molar-refractivity contribution is 0.194. The Morgan fingerprint density at radius 2 is 2.00 bits per heavy atom. The first kappa shape index (κ1) is 13.5. The van der Waals surface area contributed by atoms with E-state index in [0.29, 0.717) is 17.8 Å². The maximum Gasteiger partial charge on any atom is 0.128 e. The van der Waals surface area contributed by atoms with Crippen LogP contribution in [0, 0.1) is 5.82 Å². The van der Waals surface area contributed by atoms with E-state index in [-0.39, 0.29) is 5.82 Å². The third-order valence-corrected chi connectivity index (χ3v) is 3.00. The Bertz CT molecular complexity index is 540. The number of halogens is 1. The van der Waals surface area contributed by atoms with Gasteiger partial charge in [0.05, 0.1) is 23.7 Å². The molecular weight excluding hydrogens is 243 g/mol. The Kier molecular flexibility index (Phi) is 4.12. The fourth-order valence-electron chi connectivity index (χ4n) is 1.84. The van der Waals surface area contributed by atoms with E-state index in [0.717, 1.165) is 5.69 Å². The molecule has 2 aromatic rings.